The lowest BCUT2D eigenvalue weighted by Gasteiger charge is -2.28. The Kier molecular flexibility index (Phi) is 5.66. The number of nitrogens with zero attached hydrogens (tertiary/aromatic N) is 1. The Morgan fingerprint density at radius 3 is 2.75 bits per heavy atom. The predicted molar refractivity (Wildman–Crippen MR) is 81.6 cm³/mol. The molecule has 1 fully saturated rings. The lowest BCUT2D eigenvalue weighted by molar-refractivity contribution is 0.134. The van der Waals surface area contributed by atoms with Gasteiger partial charge in [-0.2, -0.15) is 0 Å². The Hall–Kier alpha value is -0.810. The van der Waals surface area contributed by atoms with E-state index in [0.29, 0.717) is 17.2 Å². The lowest BCUT2D eigenvalue weighted by atomic mass is 10.0. The molecule has 112 valence electrons. The van der Waals surface area contributed by atoms with Crippen molar-refractivity contribution in [3.63, 3.8) is 0 Å². The number of halogens is 1. The molecule has 0 saturated carbocycles. The van der Waals surface area contributed by atoms with E-state index in [-0.39, 0.29) is 0 Å². The van der Waals surface area contributed by atoms with E-state index < -0.39 is 6.10 Å². The number of piperazine rings is 1. The summed E-state index contributed by atoms with van der Waals surface area (Å²) in [5, 5.41) is 14.4. The number of hydrogen-bond donors (Lipinski definition) is 2. The quantitative estimate of drug-likeness (QED) is 0.872. The van der Waals surface area contributed by atoms with Gasteiger partial charge >= 0.3 is 0 Å². The molecule has 0 aromatic heterocycles. The van der Waals surface area contributed by atoms with Crippen molar-refractivity contribution in [1.82, 2.24) is 10.2 Å². The van der Waals surface area contributed by atoms with Crippen molar-refractivity contribution in [3.05, 3.63) is 28.3 Å². The molecule has 0 spiro atoms. The topological polar surface area (TPSA) is 44.7 Å². The highest BCUT2D eigenvalue weighted by molar-refractivity contribution is 6.31. The number of aliphatic hydroxyl groups excluding tert-OH is 1. The Morgan fingerprint density at radius 1 is 1.40 bits per heavy atom. The van der Waals surface area contributed by atoms with Crippen molar-refractivity contribution in [2.24, 2.45) is 0 Å². The normalized spacial score (nSPS) is 18.0. The maximum Gasteiger partial charge on any atom is 0.125 e. The van der Waals surface area contributed by atoms with Crippen LogP contribution in [-0.4, -0.2) is 49.8 Å². The Labute approximate surface area is 125 Å². The fourth-order valence-corrected chi connectivity index (χ4v) is 2.67. The fraction of sp³-hybridized carbons (Fsp3) is 0.600. The maximum atomic E-state index is 10.4. The van der Waals surface area contributed by atoms with Crippen LogP contribution in [0, 0.1) is 6.92 Å². The van der Waals surface area contributed by atoms with Crippen molar-refractivity contribution in [1.29, 1.82) is 0 Å². The molecule has 5 heteroatoms. The second-order valence-corrected chi connectivity index (χ2v) is 5.65. The van der Waals surface area contributed by atoms with Crippen molar-refractivity contribution in [2.75, 3.05) is 39.8 Å². The summed E-state index contributed by atoms with van der Waals surface area (Å²) in [6.07, 6.45) is 0.147. The highest BCUT2D eigenvalue weighted by Gasteiger charge is 2.17. The van der Waals surface area contributed by atoms with Crippen LogP contribution >= 0.6 is 11.6 Å². The maximum absolute atomic E-state index is 10.4. The van der Waals surface area contributed by atoms with Crippen molar-refractivity contribution < 1.29 is 9.84 Å². The van der Waals surface area contributed by atoms with E-state index in [4.69, 9.17) is 16.3 Å². The van der Waals surface area contributed by atoms with E-state index in [1.165, 1.54) is 0 Å². The van der Waals surface area contributed by atoms with E-state index in [2.05, 4.69) is 10.2 Å². The summed E-state index contributed by atoms with van der Waals surface area (Å²) >= 11 is 6.15. The molecule has 0 aliphatic carbocycles. The molecule has 1 aromatic carbocycles. The van der Waals surface area contributed by atoms with Gasteiger partial charge in [-0.05, 0) is 31.0 Å². The van der Waals surface area contributed by atoms with E-state index >= 15 is 0 Å². The minimum absolute atomic E-state index is 0.544. The highest BCUT2D eigenvalue weighted by Crippen LogP contribution is 2.32. The summed E-state index contributed by atoms with van der Waals surface area (Å²) in [6.45, 7) is 6.95. The first kappa shape index (κ1) is 15.6. The molecule has 0 amide bonds. The van der Waals surface area contributed by atoms with Gasteiger partial charge in [0.05, 0.1) is 13.2 Å². The SMILES string of the molecule is COc1cc(C)c(Cl)cc1C(O)CCN1CCNCC1. The number of methoxy groups -OCH3 is 1. The van der Waals surface area contributed by atoms with Gasteiger partial charge in [0.15, 0.2) is 0 Å². The standard InChI is InChI=1S/C15H23ClN2O2/c1-11-9-15(20-2)12(10-13(11)16)14(19)3-6-18-7-4-17-5-8-18/h9-10,14,17,19H,3-8H2,1-2H3. The summed E-state index contributed by atoms with van der Waals surface area (Å²) < 4.78 is 5.35. The van der Waals surface area contributed by atoms with Crippen LogP contribution in [0.15, 0.2) is 12.1 Å². The van der Waals surface area contributed by atoms with Crippen LogP contribution in [0.2, 0.25) is 5.02 Å². The molecule has 20 heavy (non-hydrogen) atoms. The average molecular weight is 299 g/mol. The summed E-state index contributed by atoms with van der Waals surface area (Å²) in [4.78, 5) is 2.36. The second kappa shape index (κ2) is 7.27. The van der Waals surface area contributed by atoms with E-state index in [1.807, 2.05) is 19.1 Å². The highest BCUT2D eigenvalue weighted by atomic mass is 35.5. The van der Waals surface area contributed by atoms with Crippen LogP contribution in [0.5, 0.6) is 5.75 Å². The molecule has 2 rings (SSSR count). The van der Waals surface area contributed by atoms with Crippen LogP contribution in [0.1, 0.15) is 23.7 Å². The molecule has 1 aromatic rings. The molecule has 4 nitrogen and oxygen atoms in total. The molecule has 2 N–H and O–H groups in total. The van der Waals surface area contributed by atoms with Gasteiger partial charge in [0.2, 0.25) is 0 Å². The molecule has 1 aliphatic heterocycles. The minimum Gasteiger partial charge on any atom is -0.496 e. The second-order valence-electron chi connectivity index (χ2n) is 5.24. The van der Waals surface area contributed by atoms with E-state index in [9.17, 15) is 5.11 Å². The molecule has 1 heterocycles. The molecular weight excluding hydrogens is 276 g/mol. The van der Waals surface area contributed by atoms with Gasteiger partial charge in [0.1, 0.15) is 5.75 Å². The number of nitrogens with one attached hydrogen (secondary N) is 1. The largest absolute Gasteiger partial charge is 0.496 e. The Balaban J connectivity index is 2.00. The van der Waals surface area contributed by atoms with Crippen LogP contribution in [0.4, 0.5) is 0 Å². The van der Waals surface area contributed by atoms with Crippen LogP contribution in [-0.2, 0) is 0 Å². The fourth-order valence-electron chi connectivity index (χ4n) is 2.50. The Bertz CT molecular complexity index is 448. The van der Waals surface area contributed by atoms with Crippen molar-refractivity contribution >= 4 is 11.6 Å². The van der Waals surface area contributed by atoms with E-state index in [0.717, 1.165) is 43.9 Å². The summed E-state index contributed by atoms with van der Waals surface area (Å²) in [5.74, 6) is 0.708. The van der Waals surface area contributed by atoms with Gasteiger partial charge in [-0.3, -0.25) is 0 Å². The van der Waals surface area contributed by atoms with Crippen LogP contribution < -0.4 is 10.1 Å². The van der Waals surface area contributed by atoms with Gasteiger partial charge in [0.25, 0.3) is 0 Å². The number of rotatable bonds is 5. The molecule has 0 bridgehead atoms. The van der Waals surface area contributed by atoms with Gasteiger partial charge in [-0.15, -0.1) is 0 Å². The average Bonchev–Trinajstić information content (AvgIpc) is 2.48. The van der Waals surface area contributed by atoms with Gasteiger partial charge in [-0.25, -0.2) is 0 Å². The van der Waals surface area contributed by atoms with E-state index in [1.54, 1.807) is 7.11 Å². The number of benzene rings is 1. The third-order valence-corrected chi connectivity index (χ3v) is 4.21. The molecular formula is C15H23ClN2O2. The number of aliphatic hydroxyl groups is 1. The molecule has 1 atom stereocenters. The summed E-state index contributed by atoms with van der Waals surface area (Å²) in [5.41, 5.74) is 1.74. The third-order valence-electron chi connectivity index (χ3n) is 3.80. The third kappa shape index (κ3) is 3.85. The summed E-state index contributed by atoms with van der Waals surface area (Å²) in [6, 6.07) is 3.70. The number of hydrogen-bond acceptors (Lipinski definition) is 4. The monoisotopic (exact) mass is 298 g/mol. The zero-order chi connectivity index (χ0) is 14.5. The van der Waals surface area contributed by atoms with Gasteiger partial charge in [0, 0.05) is 43.3 Å². The minimum atomic E-state index is -0.544. The lowest BCUT2D eigenvalue weighted by Crippen LogP contribution is -2.44. The zero-order valence-corrected chi connectivity index (χ0v) is 12.9. The van der Waals surface area contributed by atoms with Crippen LogP contribution in [0.3, 0.4) is 0 Å². The first-order valence-corrected chi connectivity index (χ1v) is 7.44. The molecule has 1 aliphatic rings. The van der Waals surface area contributed by atoms with Gasteiger partial charge in [-0.1, -0.05) is 11.6 Å². The summed E-state index contributed by atoms with van der Waals surface area (Å²) in [7, 11) is 1.62. The van der Waals surface area contributed by atoms with Crippen LogP contribution in [0.25, 0.3) is 0 Å². The smallest absolute Gasteiger partial charge is 0.125 e. The first-order valence-electron chi connectivity index (χ1n) is 7.07. The van der Waals surface area contributed by atoms with Gasteiger partial charge < -0.3 is 20.1 Å². The molecule has 1 saturated heterocycles. The van der Waals surface area contributed by atoms with Crippen molar-refractivity contribution in [2.45, 2.75) is 19.4 Å². The predicted octanol–water partition coefficient (Wildman–Crippen LogP) is 1.99. The molecule has 1 unspecified atom stereocenters. The number of ether oxygens (including phenoxy) is 1. The molecule has 0 radical (unpaired) electrons. The Morgan fingerprint density at radius 2 is 2.10 bits per heavy atom. The van der Waals surface area contributed by atoms with Crippen molar-refractivity contribution in [3.8, 4) is 5.75 Å². The first-order chi connectivity index (χ1) is 9.61. The zero-order valence-electron chi connectivity index (χ0n) is 12.2. The number of aryl methyl sites for hydroxylation is 1.